The van der Waals surface area contributed by atoms with Gasteiger partial charge >= 0.3 is 5.97 Å². The van der Waals surface area contributed by atoms with Gasteiger partial charge in [-0.25, -0.2) is 18.6 Å². The molecular weight excluding hydrogens is 394 g/mol. The Balaban J connectivity index is 1.53. The lowest BCUT2D eigenvalue weighted by Crippen LogP contribution is -2.36. The first-order valence-electron chi connectivity index (χ1n) is 9.81. The van der Waals surface area contributed by atoms with Crippen molar-refractivity contribution in [1.82, 2.24) is 9.88 Å². The van der Waals surface area contributed by atoms with Crippen LogP contribution in [0.4, 0.5) is 20.3 Å². The molecule has 0 radical (unpaired) electrons. The van der Waals surface area contributed by atoms with E-state index in [1.807, 2.05) is 4.90 Å². The number of benzene rings is 1. The molecule has 1 aliphatic rings. The first-order chi connectivity index (χ1) is 14.5. The Labute approximate surface area is 173 Å². The van der Waals surface area contributed by atoms with Crippen LogP contribution in [0, 0.1) is 11.6 Å². The van der Waals surface area contributed by atoms with Crippen molar-refractivity contribution in [2.75, 3.05) is 49.5 Å². The van der Waals surface area contributed by atoms with Gasteiger partial charge in [0.15, 0.2) is 0 Å². The highest BCUT2D eigenvalue weighted by molar-refractivity contribution is 5.92. The minimum Gasteiger partial charge on any atom is -0.462 e. The normalized spacial score (nSPS) is 14.8. The van der Waals surface area contributed by atoms with Crippen LogP contribution in [0.1, 0.15) is 23.7 Å². The summed E-state index contributed by atoms with van der Waals surface area (Å²) < 4.78 is 31.6. The second kappa shape index (κ2) is 10.1. The summed E-state index contributed by atoms with van der Waals surface area (Å²) in [5.74, 6) is -1.50. The highest BCUT2D eigenvalue weighted by Gasteiger charge is 2.19. The van der Waals surface area contributed by atoms with Crippen molar-refractivity contribution in [3.8, 4) is 0 Å². The summed E-state index contributed by atoms with van der Waals surface area (Å²) in [6.45, 7) is 4.92. The second-order valence-corrected chi connectivity index (χ2v) is 6.91. The molecule has 0 spiro atoms. The van der Waals surface area contributed by atoms with E-state index in [9.17, 15) is 18.4 Å². The minimum atomic E-state index is -0.803. The molecule has 1 amide bonds. The second-order valence-electron chi connectivity index (χ2n) is 6.91. The number of nitrogens with one attached hydrogen (secondary N) is 1. The predicted molar refractivity (Wildman–Crippen MR) is 108 cm³/mol. The van der Waals surface area contributed by atoms with Crippen molar-refractivity contribution >= 4 is 23.4 Å². The van der Waals surface area contributed by atoms with Crippen LogP contribution in [0.3, 0.4) is 0 Å². The third-order valence-electron chi connectivity index (χ3n) is 4.74. The van der Waals surface area contributed by atoms with E-state index in [0.717, 1.165) is 30.9 Å². The van der Waals surface area contributed by atoms with Crippen LogP contribution >= 0.6 is 0 Å². The van der Waals surface area contributed by atoms with Crippen LogP contribution in [-0.2, 0) is 9.53 Å². The van der Waals surface area contributed by atoms with Crippen molar-refractivity contribution in [3.05, 3.63) is 53.7 Å². The Morgan fingerprint density at radius 2 is 1.97 bits per heavy atom. The fraction of sp³-hybridized carbons (Fsp3) is 0.381. The van der Waals surface area contributed by atoms with Gasteiger partial charge in [-0.05, 0) is 37.6 Å². The molecule has 7 nitrogen and oxygen atoms in total. The first-order valence-corrected chi connectivity index (χ1v) is 9.81. The fourth-order valence-electron chi connectivity index (χ4n) is 3.25. The third kappa shape index (κ3) is 5.73. The van der Waals surface area contributed by atoms with E-state index in [1.54, 1.807) is 19.1 Å². The van der Waals surface area contributed by atoms with Crippen LogP contribution in [-0.4, -0.2) is 61.1 Å². The van der Waals surface area contributed by atoms with E-state index in [2.05, 4.69) is 15.2 Å². The number of esters is 1. The minimum absolute atomic E-state index is 0.0382. The van der Waals surface area contributed by atoms with Gasteiger partial charge in [0.1, 0.15) is 17.5 Å². The maximum Gasteiger partial charge on any atom is 0.339 e. The van der Waals surface area contributed by atoms with Crippen molar-refractivity contribution < 1.29 is 23.1 Å². The van der Waals surface area contributed by atoms with Crippen LogP contribution in [0.5, 0.6) is 0 Å². The van der Waals surface area contributed by atoms with Crippen molar-refractivity contribution in [2.45, 2.75) is 13.3 Å². The van der Waals surface area contributed by atoms with Crippen molar-refractivity contribution in [1.29, 1.82) is 0 Å². The van der Waals surface area contributed by atoms with Gasteiger partial charge in [-0.15, -0.1) is 0 Å². The van der Waals surface area contributed by atoms with Gasteiger partial charge in [0.25, 0.3) is 0 Å². The van der Waals surface area contributed by atoms with Crippen LogP contribution in [0.25, 0.3) is 0 Å². The summed E-state index contributed by atoms with van der Waals surface area (Å²) >= 11 is 0. The molecule has 1 aromatic heterocycles. The lowest BCUT2D eigenvalue weighted by Gasteiger charge is -2.22. The molecule has 1 aliphatic heterocycles. The highest BCUT2D eigenvalue weighted by atomic mass is 19.1. The van der Waals surface area contributed by atoms with E-state index < -0.39 is 17.6 Å². The number of halogens is 2. The number of anilines is 2. The molecular formula is C21H24F2N4O3. The SMILES string of the molecule is CCOC(=O)c1ccc(N2CCCN(CC(=O)Nc3ccc(F)cc3F)CC2)nc1. The summed E-state index contributed by atoms with van der Waals surface area (Å²) in [7, 11) is 0. The molecule has 0 aliphatic carbocycles. The number of hydrogen-bond donors (Lipinski definition) is 1. The van der Waals surface area contributed by atoms with Crippen LogP contribution < -0.4 is 10.2 Å². The zero-order chi connectivity index (χ0) is 21.5. The van der Waals surface area contributed by atoms with E-state index in [0.29, 0.717) is 31.8 Å². The standard InChI is InChI=1S/C21H24F2N4O3/c1-2-30-21(29)15-4-7-19(24-13-15)27-9-3-8-26(10-11-27)14-20(28)25-18-6-5-16(22)12-17(18)23/h4-7,12-13H,2-3,8-11,14H2,1H3,(H,25,28). The Bertz CT molecular complexity index is 892. The molecule has 1 fully saturated rings. The topological polar surface area (TPSA) is 74.8 Å². The molecule has 1 saturated heterocycles. The van der Waals surface area contributed by atoms with E-state index >= 15 is 0 Å². The molecule has 2 aromatic rings. The van der Waals surface area contributed by atoms with Gasteiger partial charge in [-0.2, -0.15) is 0 Å². The first kappa shape index (κ1) is 21.6. The highest BCUT2D eigenvalue weighted by Crippen LogP contribution is 2.17. The molecule has 0 bridgehead atoms. The Hall–Kier alpha value is -3.07. The molecule has 30 heavy (non-hydrogen) atoms. The zero-order valence-corrected chi connectivity index (χ0v) is 16.7. The number of rotatable bonds is 6. The summed E-state index contributed by atoms with van der Waals surface area (Å²) in [6, 6.07) is 6.51. The number of hydrogen-bond acceptors (Lipinski definition) is 6. The maximum absolute atomic E-state index is 13.7. The summed E-state index contributed by atoms with van der Waals surface area (Å²) in [4.78, 5) is 32.4. The summed E-state index contributed by atoms with van der Waals surface area (Å²) in [6.07, 6.45) is 2.32. The monoisotopic (exact) mass is 418 g/mol. The number of nitrogens with zero attached hydrogens (tertiary/aromatic N) is 3. The van der Waals surface area contributed by atoms with E-state index in [-0.39, 0.29) is 18.1 Å². The lowest BCUT2D eigenvalue weighted by molar-refractivity contribution is -0.117. The van der Waals surface area contributed by atoms with Gasteiger partial charge in [-0.1, -0.05) is 0 Å². The molecule has 9 heteroatoms. The van der Waals surface area contributed by atoms with Gasteiger partial charge < -0.3 is 15.0 Å². The zero-order valence-electron chi connectivity index (χ0n) is 16.7. The van der Waals surface area contributed by atoms with Gasteiger partial charge in [0, 0.05) is 38.4 Å². The van der Waals surface area contributed by atoms with E-state index in [4.69, 9.17) is 4.74 Å². The average molecular weight is 418 g/mol. The average Bonchev–Trinajstić information content (AvgIpc) is 2.96. The molecule has 1 aromatic carbocycles. The van der Waals surface area contributed by atoms with Gasteiger partial charge in [0.05, 0.1) is 24.4 Å². The third-order valence-corrected chi connectivity index (χ3v) is 4.74. The molecule has 1 N–H and O–H groups in total. The quantitative estimate of drug-likeness (QED) is 0.727. The molecule has 0 saturated carbocycles. The predicted octanol–water partition coefficient (Wildman–Crippen LogP) is 2.69. The lowest BCUT2D eigenvalue weighted by atomic mass is 10.2. The number of pyridine rings is 1. The number of aromatic nitrogens is 1. The number of amides is 1. The van der Waals surface area contributed by atoms with Crippen LogP contribution in [0.15, 0.2) is 36.5 Å². The molecule has 160 valence electrons. The molecule has 2 heterocycles. The fourth-order valence-corrected chi connectivity index (χ4v) is 3.25. The van der Waals surface area contributed by atoms with Gasteiger partial charge in [-0.3, -0.25) is 9.69 Å². The van der Waals surface area contributed by atoms with E-state index in [1.165, 1.54) is 12.3 Å². The number of carbonyl (C=O) groups is 2. The van der Waals surface area contributed by atoms with Crippen LogP contribution in [0.2, 0.25) is 0 Å². The van der Waals surface area contributed by atoms with Gasteiger partial charge in [0.2, 0.25) is 5.91 Å². The Morgan fingerprint density at radius 3 is 2.67 bits per heavy atom. The van der Waals surface area contributed by atoms with Crippen molar-refractivity contribution in [2.24, 2.45) is 0 Å². The number of carbonyl (C=O) groups excluding carboxylic acids is 2. The number of ether oxygens (including phenoxy) is 1. The maximum atomic E-state index is 13.7. The summed E-state index contributed by atoms with van der Waals surface area (Å²) in [5.41, 5.74) is 0.366. The molecule has 0 unspecified atom stereocenters. The largest absolute Gasteiger partial charge is 0.462 e. The summed E-state index contributed by atoms with van der Waals surface area (Å²) in [5, 5.41) is 2.48. The Morgan fingerprint density at radius 1 is 1.13 bits per heavy atom. The van der Waals surface area contributed by atoms with Crippen molar-refractivity contribution in [3.63, 3.8) is 0 Å². The molecule has 3 rings (SSSR count). The Kier molecular flexibility index (Phi) is 7.29. The molecule has 0 atom stereocenters. The smallest absolute Gasteiger partial charge is 0.339 e.